The molecule has 0 radical (unpaired) electrons. The number of aliphatic hydroxyl groups excluding tert-OH is 1. The van der Waals surface area contributed by atoms with Gasteiger partial charge in [0.15, 0.2) is 18.9 Å². The highest BCUT2D eigenvalue weighted by Gasteiger charge is 2.44. The van der Waals surface area contributed by atoms with Crippen LogP contribution in [0.1, 0.15) is 25.7 Å². The highest BCUT2D eigenvalue weighted by atomic mass is 32.3. The Bertz CT molecular complexity index is 1150. The molecule has 20 nitrogen and oxygen atoms in total. The van der Waals surface area contributed by atoms with Gasteiger partial charge in [-0.05, 0) is 19.3 Å². The van der Waals surface area contributed by atoms with E-state index in [9.17, 15) is 34.9 Å². The molecule has 3 aliphatic rings. The van der Waals surface area contributed by atoms with Crippen LogP contribution in [0.4, 0.5) is 0 Å². The van der Waals surface area contributed by atoms with Gasteiger partial charge in [0, 0.05) is 6.42 Å². The second-order valence-corrected chi connectivity index (χ2v) is 12.4. The van der Waals surface area contributed by atoms with Crippen LogP contribution in [0.2, 0.25) is 0 Å². The van der Waals surface area contributed by atoms with Gasteiger partial charge in [-0.3, -0.25) is 13.7 Å². The molecule has 0 amide bonds. The van der Waals surface area contributed by atoms with Crippen molar-refractivity contribution in [2.45, 2.75) is 87.2 Å². The van der Waals surface area contributed by atoms with Crippen molar-refractivity contribution in [1.82, 2.24) is 0 Å². The summed E-state index contributed by atoms with van der Waals surface area (Å²) in [6.07, 6.45) is -9.84. The maximum Gasteiger partial charge on any atom is 0.397 e. The maximum absolute atomic E-state index is 11.5. The van der Waals surface area contributed by atoms with E-state index in [1.54, 1.807) is 0 Å². The molecule has 0 aromatic rings. The Morgan fingerprint density at radius 1 is 0.750 bits per heavy atom. The lowest BCUT2D eigenvalue weighted by Gasteiger charge is -2.42. The fourth-order valence-electron chi connectivity index (χ4n) is 4.21. The lowest BCUT2D eigenvalue weighted by molar-refractivity contribution is -0.307. The molecule has 3 aliphatic heterocycles. The molecule has 0 aliphatic carbocycles. The van der Waals surface area contributed by atoms with E-state index in [1.807, 2.05) is 0 Å². The fourth-order valence-corrected chi connectivity index (χ4v) is 5.32. The SMILES string of the molecule is NC1CCC(COS(=O)(=O)O)O[C@@H]1O[C@@H]1CO[C@@H](O[C@H]2CC(N)[C@@H](O)OC2COS(=O)(=O)O)C(OS(=O)(=O)O)C1. The summed E-state index contributed by atoms with van der Waals surface area (Å²) in [7, 11) is -14.7. The quantitative estimate of drug-likeness (QED) is 0.112. The maximum atomic E-state index is 11.5. The van der Waals surface area contributed by atoms with Crippen LogP contribution >= 0.6 is 0 Å². The summed E-state index contributed by atoms with van der Waals surface area (Å²) in [6, 6.07) is -1.71. The monoisotopic (exact) mass is 648 g/mol. The number of ether oxygens (including phenoxy) is 5. The molecule has 0 aromatic carbocycles. The van der Waals surface area contributed by atoms with Gasteiger partial charge in [-0.1, -0.05) is 0 Å². The van der Waals surface area contributed by atoms with Crippen LogP contribution in [-0.4, -0.2) is 125 Å². The number of hydrogen-bond acceptors (Lipinski definition) is 17. The fraction of sp³-hybridized carbons (Fsp3) is 1.00. The first kappa shape index (κ1) is 33.8. The third-order valence-electron chi connectivity index (χ3n) is 6.01. The number of aliphatic hydroxyl groups is 1. The largest absolute Gasteiger partial charge is 0.397 e. The Labute approximate surface area is 229 Å². The van der Waals surface area contributed by atoms with Crippen LogP contribution in [0.15, 0.2) is 0 Å². The van der Waals surface area contributed by atoms with E-state index in [0.717, 1.165) is 0 Å². The first-order chi connectivity index (χ1) is 18.4. The van der Waals surface area contributed by atoms with Crippen molar-refractivity contribution >= 4 is 31.2 Å². The summed E-state index contributed by atoms with van der Waals surface area (Å²) in [5.41, 5.74) is 11.8. The van der Waals surface area contributed by atoms with Gasteiger partial charge in [0.25, 0.3) is 0 Å². The van der Waals surface area contributed by atoms with Crippen molar-refractivity contribution in [1.29, 1.82) is 0 Å². The zero-order valence-electron chi connectivity index (χ0n) is 20.6. The standard InChI is InChI=1S/C17H32N2O18S3/c18-10-2-1-8(6-31-38(21,22)23)33-16(10)34-9-3-13(37-40(27,28)29)17(30-5-9)36-12-4-11(19)15(20)35-14(12)7-32-39(24,25)26/h8-17,20H,1-7,18-19H2,(H,21,22,23)(H,24,25,26)(H,27,28,29)/t8?,9-,10?,11?,12-,13?,14?,15-,16+,17-/m0/s1. The summed E-state index contributed by atoms with van der Waals surface area (Å²) >= 11 is 0. The van der Waals surface area contributed by atoms with Crippen molar-refractivity contribution in [3.05, 3.63) is 0 Å². The minimum Gasteiger partial charge on any atom is -0.367 e. The van der Waals surface area contributed by atoms with Gasteiger partial charge in [-0.15, -0.1) is 0 Å². The molecule has 0 spiro atoms. The summed E-state index contributed by atoms with van der Waals surface area (Å²) in [5.74, 6) is 0. The first-order valence-electron chi connectivity index (χ1n) is 11.7. The Morgan fingerprint density at radius 3 is 2.02 bits per heavy atom. The zero-order valence-corrected chi connectivity index (χ0v) is 23.1. The normalized spacial score (nSPS) is 38.2. The van der Waals surface area contributed by atoms with Crippen LogP contribution in [0.3, 0.4) is 0 Å². The summed E-state index contributed by atoms with van der Waals surface area (Å²) in [6.45, 7) is -1.59. The van der Waals surface area contributed by atoms with Crippen LogP contribution in [0.25, 0.3) is 0 Å². The van der Waals surface area contributed by atoms with Gasteiger partial charge in [-0.25, -0.2) is 12.5 Å². The molecule has 3 fully saturated rings. The van der Waals surface area contributed by atoms with E-state index in [-0.39, 0.29) is 25.9 Å². The molecule has 5 unspecified atom stereocenters. The van der Waals surface area contributed by atoms with E-state index in [2.05, 4.69) is 8.37 Å². The molecule has 236 valence electrons. The van der Waals surface area contributed by atoms with Crippen LogP contribution in [-0.2, 0) is 67.4 Å². The van der Waals surface area contributed by atoms with E-state index >= 15 is 0 Å². The average molecular weight is 649 g/mol. The van der Waals surface area contributed by atoms with Gasteiger partial charge >= 0.3 is 31.2 Å². The van der Waals surface area contributed by atoms with Gasteiger partial charge in [0.05, 0.1) is 50.2 Å². The lowest BCUT2D eigenvalue weighted by Crippen LogP contribution is -2.57. The highest BCUT2D eigenvalue weighted by molar-refractivity contribution is 7.81. The van der Waals surface area contributed by atoms with Gasteiger partial charge < -0.3 is 40.3 Å². The van der Waals surface area contributed by atoms with E-state index in [0.29, 0.717) is 6.42 Å². The number of rotatable bonds is 12. The molecule has 0 bridgehead atoms. The predicted octanol–water partition coefficient (Wildman–Crippen LogP) is -3.40. The summed E-state index contributed by atoms with van der Waals surface area (Å²) in [4.78, 5) is 0. The molecule has 0 aromatic heterocycles. The van der Waals surface area contributed by atoms with E-state index in [1.165, 1.54) is 0 Å². The number of nitrogens with two attached hydrogens (primary N) is 2. The highest BCUT2D eigenvalue weighted by Crippen LogP contribution is 2.30. The molecule has 10 atom stereocenters. The third-order valence-corrected chi connectivity index (χ3v) is 7.37. The third kappa shape index (κ3) is 11.2. The van der Waals surface area contributed by atoms with Crippen LogP contribution in [0.5, 0.6) is 0 Å². The molecular formula is C17H32N2O18S3. The van der Waals surface area contributed by atoms with Crippen molar-refractivity contribution < 1.29 is 80.3 Å². The van der Waals surface area contributed by atoms with Gasteiger partial charge in [0.1, 0.15) is 12.2 Å². The molecule has 8 N–H and O–H groups in total. The molecule has 23 heteroatoms. The van der Waals surface area contributed by atoms with Crippen molar-refractivity contribution in [3.63, 3.8) is 0 Å². The molecule has 3 saturated heterocycles. The predicted molar refractivity (Wildman–Crippen MR) is 125 cm³/mol. The molecule has 3 rings (SSSR count). The first-order valence-corrected chi connectivity index (χ1v) is 15.8. The minimum absolute atomic E-state index is 0.156. The molecule has 0 saturated carbocycles. The Balaban J connectivity index is 1.67. The Kier molecular flexibility index (Phi) is 11.6. The smallest absolute Gasteiger partial charge is 0.367 e. The number of hydrogen-bond donors (Lipinski definition) is 6. The Morgan fingerprint density at radius 2 is 1.40 bits per heavy atom. The second kappa shape index (κ2) is 13.7. The molecule has 40 heavy (non-hydrogen) atoms. The average Bonchev–Trinajstić information content (AvgIpc) is 2.80. The topological polar surface area (TPSA) is 309 Å². The summed E-state index contributed by atoms with van der Waals surface area (Å²) < 4.78 is 135. The summed E-state index contributed by atoms with van der Waals surface area (Å²) in [5, 5.41) is 9.88. The van der Waals surface area contributed by atoms with Crippen molar-refractivity contribution in [3.8, 4) is 0 Å². The van der Waals surface area contributed by atoms with Gasteiger partial charge in [-0.2, -0.15) is 25.3 Å². The van der Waals surface area contributed by atoms with E-state index in [4.69, 9.17) is 48.4 Å². The zero-order chi connectivity index (χ0) is 29.9. The van der Waals surface area contributed by atoms with Crippen LogP contribution < -0.4 is 11.5 Å². The molecular weight excluding hydrogens is 616 g/mol. The lowest BCUT2D eigenvalue weighted by atomic mass is 10.0. The Hall–Kier alpha value is -0.710. The van der Waals surface area contributed by atoms with Gasteiger partial charge in [0.2, 0.25) is 0 Å². The molecule has 3 heterocycles. The van der Waals surface area contributed by atoms with Crippen molar-refractivity contribution in [2.75, 3.05) is 19.8 Å². The van der Waals surface area contributed by atoms with Crippen LogP contribution in [0, 0.1) is 0 Å². The minimum atomic E-state index is -5.06. The van der Waals surface area contributed by atoms with E-state index < -0.39 is 106 Å². The van der Waals surface area contributed by atoms with Crippen molar-refractivity contribution in [2.24, 2.45) is 11.5 Å². The second-order valence-electron chi connectivity index (χ2n) is 9.19.